The smallest absolute Gasteiger partial charge is 0.234 e. The highest BCUT2D eigenvalue weighted by atomic mass is 32.2. The number of amides is 1. The van der Waals surface area contributed by atoms with Gasteiger partial charge in [0.15, 0.2) is 11.0 Å². The van der Waals surface area contributed by atoms with E-state index in [0.717, 1.165) is 5.75 Å². The number of benzene rings is 2. The number of aromatic nitrogens is 3. The lowest BCUT2D eigenvalue weighted by atomic mass is 10.1. The molecule has 0 saturated heterocycles. The maximum atomic E-state index is 12.3. The Morgan fingerprint density at radius 1 is 1.14 bits per heavy atom. The Kier molecular flexibility index (Phi) is 6.50. The van der Waals surface area contributed by atoms with Crippen LogP contribution in [0.25, 0.3) is 0 Å². The first-order valence-electron chi connectivity index (χ1n) is 8.75. The maximum Gasteiger partial charge on any atom is 0.234 e. The molecular formula is C20H19N4O4S-. The largest absolute Gasteiger partial charge is 0.545 e. The Bertz CT molecular complexity index is 1020. The van der Waals surface area contributed by atoms with Crippen LogP contribution in [-0.2, 0) is 18.4 Å². The van der Waals surface area contributed by atoms with E-state index in [2.05, 4.69) is 15.5 Å². The maximum absolute atomic E-state index is 12.3. The van der Waals surface area contributed by atoms with Crippen LogP contribution in [0.15, 0.2) is 53.7 Å². The topological polar surface area (TPSA) is 109 Å². The van der Waals surface area contributed by atoms with E-state index in [9.17, 15) is 14.7 Å². The first-order chi connectivity index (χ1) is 14.0. The van der Waals surface area contributed by atoms with Crippen molar-refractivity contribution in [2.45, 2.75) is 18.7 Å². The molecule has 8 nitrogen and oxygen atoms in total. The fraction of sp³-hybridized carbons (Fsp3) is 0.200. The van der Waals surface area contributed by atoms with E-state index in [4.69, 9.17) is 4.74 Å². The summed E-state index contributed by atoms with van der Waals surface area (Å²) in [5, 5.41) is 22.6. The number of thioether (sulfide) groups is 1. The van der Waals surface area contributed by atoms with E-state index in [1.807, 2.05) is 30.3 Å². The van der Waals surface area contributed by atoms with Crippen LogP contribution in [-0.4, -0.2) is 32.4 Å². The van der Waals surface area contributed by atoms with Gasteiger partial charge in [-0.25, -0.2) is 0 Å². The normalized spacial score (nSPS) is 10.6. The second-order valence-electron chi connectivity index (χ2n) is 6.16. The minimum atomic E-state index is -1.28. The molecule has 0 aliphatic carbocycles. The highest BCUT2D eigenvalue weighted by Crippen LogP contribution is 2.21. The van der Waals surface area contributed by atoms with Gasteiger partial charge in [0.05, 0.1) is 11.7 Å². The number of para-hydroxylation sites is 1. The molecule has 0 fully saturated rings. The molecule has 150 valence electrons. The van der Waals surface area contributed by atoms with Crippen molar-refractivity contribution < 1.29 is 19.4 Å². The molecule has 0 radical (unpaired) electrons. The molecule has 1 amide bonds. The summed E-state index contributed by atoms with van der Waals surface area (Å²) in [6, 6.07) is 14.0. The van der Waals surface area contributed by atoms with Crippen molar-refractivity contribution >= 4 is 29.3 Å². The third kappa shape index (κ3) is 5.14. The first kappa shape index (κ1) is 20.4. The summed E-state index contributed by atoms with van der Waals surface area (Å²) in [6.45, 7) is 1.88. The molecule has 0 spiro atoms. The highest BCUT2D eigenvalue weighted by molar-refractivity contribution is 7.99. The van der Waals surface area contributed by atoms with Crippen molar-refractivity contribution in [2.24, 2.45) is 7.05 Å². The van der Waals surface area contributed by atoms with E-state index in [1.165, 1.54) is 17.8 Å². The monoisotopic (exact) mass is 411 g/mol. The molecule has 0 aliphatic rings. The van der Waals surface area contributed by atoms with Crippen LogP contribution in [0.3, 0.4) is 0 Å². The zero-order valence-electron chi connectivity index (χ0n) is 15.9. The van der Waals surface area contributed by atoms with E-state index in [-0.39, 0.29) is 23.8 Å². The number of carbonyl (C=O) groups is 2. The zero-order valence-corrected chi connectivity index (χ0v) is 16.7. The van der Waals surface area contributed by atoms with Crippen LogP contribution in [0.1, 0.15) is 21.7 Å². The van der Waals surface area contributed by atoms with Gasteiger partial charge in [-0.05, 0) is 30.7 Å². The standard InChI is InChI=1S/C20H20N4O4S/c1-13-15(19(26)27)9-6-10-16(13)21-18(25)12-29-20-23-22-17(24(20)2)11-28-14-7-4-3-5-8-14/h3-10H,11-12H2,1-2H3,(H,21,25)(H,26,27)/p-1. The molecule has 3 aromatic rings. The minimum Gasteiger partial charge on any atom is -0.545 e. The van der Waals surface area contributed by atoms with Gasteiger partial charge in [-0.1, -0.05) is 42.1 Å². The van der Waals surface area contributed by atoms with Gasteiger partial charge < -0.3 is 24.5 Å². The number of hydrogen-bond donors (Lipinski definition) is 1. The van der Waals surface area contributed by atoms with Gasteiger partial charge in [0.1, 0.15) is 12.4 Å². The van der Waals surface area contributed by atoms with E-state index in [1.54, 1.807) is 30.7 Å². The molecule has 0 atom stereocenters. The predicted molar refractivity (Wildman–Crippen MR) is 107 cm³/mol. The molecule has 1 N–H and O–H groups in total. The van der Waals surface area contributed by atoms with Gasteiger partial charge in [-0.2, -0.15) is 0 Å². The second-order valence-corrected chi connectivity index (χ2v) is 7.10. The highest BCUT2D eigenvalue weighted by Gasteiger charge is 2.13. The number of carboxylic acid groups (broad SMARTS) is 1. The third-order valence-corrected chi connectivity index (χ3v) is 5.22. The second kappa shape index (κ2) is 9.24. The van der Waals surface area contributed by atoms with Gasteiger partial charge in [-0.15, -0.1) is 10.2 Å². The van der Waals surface area contributed by atoms with Crippen LogP contribution in [0, 0.1) is 6.92 Å². The van der Waals surface area contributed by atoms with Crippen molar-refractivity contribution in [1.29, 1.82) is 0 Å². The Morgan fingerprint density at radius 3 is 2.62 bits per heavy atom. The predicted octanol–water partition coefficient (Wildman–Crippen LogP) is 1.80. The molecule has 1 heterocycles. The fourth-order valence-electron chi connectivity index (χ4n) is 2.57. The Hall–Kier alpha value is -3.33. The quantitative estimate of drug-likeness (QED) is 0.563. The van der Waals surface area contributed by atoms with Crippen molar-refractivity contribution in [3.8, 4) is 5.75 Å². The lowest BCUT2D eigenvalue weighted by Crippen LogP contribution is -2.24. The number of hydrogen-bond acceptors (Lipinski definition) is 7. The Morgan fingerprint density at radius 2 is 1.90 bits per heavy atom. The summed E-state index contributed by atoms with van der Waals surface area (Å²) in [5.41, 5.74) is 0.934. The molecule has 0 bridgehead atoms. The zero-order chi connectivity index (χ0) is 20.8. The molecule has 9 heteroatoms. The fourth-order valence-corrected chi connectivity index (χ4v) is 3.30. The number of ether oxygens (including phenoxy) is 1. The van der Waals surface area contributed by atoms with Gasteiger partial charge >= 0.3 is 0 Å². The van der Waals surface area contributed by atoms with E-state index < -0.39 is 5.97 Å². The molecule has 2 aromatic carbocycles. The van der Waals surface area contributed by atoms with Crippen molar-refractivity contribution in [1.82, 2.24) is 14.8 Å². The van der Waals surface area contributed by atoms with Gasteiger partial charge in [0.25, 0.3) is 0 Å². The van der Waals surface area contributed by atoms with E-state index in [0.29, 0.717) is 22.2 Å². The number of carboxylic acids is 1. The number of nitrogens with one attached hydrogen (secondary N) is 1. The Labute approximate surface area is 171 Å². The van der Waals surface area contributed by atoms with Gasteiger partial charge in [0.2, 0.25) is 5.91 Å². The van der Waals surface area contributed by atoms with Crippen LogP contribution >= 0.6 is 11.8 Å². The number of carbonyl (C=O) groups excluding carboxylic acids is 2. The van der Waals surface area contributed by atoms with Crippen LogP contribution in [0.2, 0.25) is 0 Å². The number of aromatic carboxylic acids is 1. The Balaban J connectivity index is 1.56. The molecule has 29 heavy (non-hydrogen) atoms. The van der Waals surface area contributed by atoms with E-state index >= 15 is 0 Å². The summed E-state index contributed by atoms with van der Waals surface area (Å²) < 4.78 is 7.44. The molecule has 0 aliphatic heterocycles. The van der Waals surface area contributed by atoms with Crippen LogP contribution in [0.4, 0.5) is 5.69 Å². The minimum absolute atomic E-state index is 0.0480. The van der Waals surface area contributed by atoms with Crippen molar-refractivity contribution in [2.75, 3.05) is 11.1 Å². The molecule has 1 aromatic heterocycles. The number of rotatable bonds is 8. The average molecular weight is 411 g/mol. The number of anilines is 1. The van der Waals surface area contributed by atoms with Gasteiger partial charge in [0, 0.05) is 18.3 Å². The molecular weight excluding hydrogens is 392 g/mol. The molecule has 3 rings (SSSR count). The lowest BCUT2D eigenvalue weighted by Gasteiger charge is -2.13. The molecule has 0 saturated carbocycles. The summed E-state index contributed by atoms with van der Waals surface area (Å²) in [7, 11) is 1.80. The third-order valence-electron chi connectivity index (χ3n) is 4.20. The summed E-state index contributed by atoms with van der Waals surface area (Å²) >= 11 is 1.23. The SMILES string of the molecule is Cc1c(NC(=O)CSc2nnc(COc3ccccc3)n2C)cccc1C(=O)[O-]. The van der Waals surface area contributed by atoms with Gasteiger partial charge in [-0.3, -0.25) is 4.79 Å². The first-order valence-corrected chi connectivity index (χ1v) is 9.74. The van der Waals surface area contributed by atoms with Crippen molar-refractivity contribution in [3.05, 3.63) is 65.5 Å². The summed E-state index contributed by atoms with van der Waals surface area (Å²) in [5.74, 6) is -0.0935. The van der Waals surface area contributed by atoms with Crippen LogP contribution < -0.4 is 15.2 Å². The summed E-state index contributed by atoms with van der Waals surface area (Å²) in [4.78, 5) is 23.4. The number of nitrogens with zero attached hydrogens (tertiary/aromatic N) is 3. The lowest BCUT2D eigenvalue weighted by molar-refractivity contribution is -0.255. The van der Waals surface area contributed by atoms with Crippen molar-refractivity contribution in [3.63, 3.8) is 0 Å². The van der Waals surface area contributed by atoms with Crippen LogP contribution in [0.5, 0.6) is 5.75 Å². The summed E-state index contributed by atoms with van der Waals surface area (Å²) in [6.07, 6.45) is 0. The average Bonchev–Trinajstić information content (AvgIpc) is 3.06. The molecule has 0 unspecified atom stereocenters.